The van der Waals surface area contributed by atoms with E-state index in [1.165, 1.54) is 6.92 Å². The molecule has 3 rings (SSSR count). The highest BCUT2D eigenvalue weighted by atomic mass is 16.6. The standard InChI is InChI=1S/C26H32N2O6/c1-16(29)23(24(31)34-26(2,3)4)28-22(30)13-14-27-25(32)33-15-21-19-11-7-5-9-17(19)18-10-6-8-12-20(18)21/h5-12,16,21,23,29H,13-15H2,1-4H3,(H,27,32)(H,28,30)/t16?,23-/m1/s1. The first-order valence-electron chi connectivity index (χ1n) is 11.4. The molecule has 0 aromatic heterocycles. The highest BCUT2D eigenvalue weighted by molar-refractivity contribution is 5.85. The van der Waals surface area contributed by atoms with E-state index < -0.39 is 35.7 Å². The normalized spacial score (nSPS) is 14.4. The average Bonchev–Trinajstić information content (AvgIpc) is 3.08. The van der Waals surface area contributed by atoms with Crippen molar-refractivity contribution in [2.45, 2.75) is 57.8 Å². The molecule has 0 bridgehead atoms. The number of alkyl carbamates (subject to hydrolysis) is 1. The third-order valence-corrected chi connectivity index (χ3v) is 5.42. The van der Waals surface area contributed by atoms with E-state index in [0.717, 1.165) is 22.3 Å². The molecule has 1 aliphatic carbocycles. The van der Waals surface area contributed by atoms with E-state index in [1.54, 1.807) is 20.8 Å². The summed E-state index contributed by atoms with van der Waals surface area (Å²) in [6, 6.07) is 14.9. The number of hydrogen-bond donors (Lipinski definition) is 3. The summed E-state index contributed by atoms with van der Waals surface area (Å²) in [6.45, 7) is 6.68. The van der Waals surface area contributed by atoms with E-state index in [4.69, 9.17) is 9.47 Å². The van der Waals surface area contributed by atoms with Gasteiger partial charge in [-0.3, -0.25) is 4.79 Å². The van der Waals surface area contributed by atoms with E-state index in [9.17, 15) is 19.5 Å². The largest absolute Gasteiger partial charge is 0.458 e. The SMILES string of the molecule is CC(O)[C@@H](NC(=O)CCNC(=O)OCC1c2ccccc2-c2ccccc21)C(=O)OC(C)(C)C. The summed E-state index contributed by atoms with van der Waals surface area (Å²) in [4.78, 5) is 36.7. The van der Waals surface area contributed by atoms with Crippen LogP contribution in [0.5, 0.6) is 0 Å². The van der Waals surface area contributed by atoms with Gasteiger partial charge in [0.25, 0.3) is 0 Å². The van der Waals surface area contributed by atoms with Gasteiger partial charge in [-0.2, -0.15) is 0 Å². The monoisotopic (exact) mass is 468 g/mol. The Balaban J connectivity index is 1.47. The Bertz CT molecular complexity index is 998. The van der Waals surface area contributed by atoms with Crippen LogP contribution in [0, 0.1) is 0 Å². The minimum atomic E-state index is -1.19. The highest BCUT2D eigenvalue weighted by Gasteiger charge is 2.31. The summed E-state index contributed by atoms with van der Waals surface area (Å²) < 4.78 is 10.7. The third kappa shape index (κ3) is 6.35. The van der Waals surface area contributed by atoms with Gasteiger partial charge in [0.1, 0.15) is 12.2 Å². The maximum atomic E-state index is 12.2. The molecule has 2 amide bonds. The number of amides is 2. The fourth-order valence-electron chi connectivity index (χ4n) is 3.91. The van der Waals surface area contributed by atoms with Crippen molar-refractivity contribution in [1.82, 2.24) is 10.6 Å². The number of carbonyl (C=O) groups excluding carboxylic acids is 3. The molecule has 2 aromatic rings. The summed E-state index contributed by atoms with van der Waals surface area (Å²) in [5, 5.41) is 14.9. The maximum absolute atomic E-state index is 12.2. The molecule has 2 aromatic carbocycles. The number of carbonyl (C=O) groups is 3. The van der Waals surface area contributed by atoms with Crippen molar-refractivity contribution in [3.63, 3.8) is 0 Å². The molecule has 2 atom stereocenters. The van der Waals surface area contributed by atoms with E-state index in [-0.39, 0.29) is 25.5 Å². The van der Waals surface area contributed by atoms with Gasteiger partial charge >= 0.3 is 12.1 Å². The lowest BCUT2D eigenvalue weighted by molar-refractivity contribution is -0.161. The topological polar surface area (TPSA) is 114 Å². The van der Waals surface area contributed by atoms with Crippen LogP contribution in [0.4, 0.5) is 4.79 Å². The summed E-state index contributed by atoms with van der Waals surface area (Å²) in [5.41, 5.74) is 3.76. The first-order chi connectivity index (χ1) is 16.1. The van der Waals surface area contributed by atoms with Crippen LogP contribution in [0.1, 0.15) is 51.2 Å². The van der Waals surface area contributed by atoms with E-state index in [2.05, 4.69) is 22.8 Å². The van der Waals surface area contributed by atoms with Crippen molar-refractivity contribution in [3.8, 4) is 11.1 Å². The second kappa shape index (κ2) is 10.7. The number of ether oxygens (including phenoxy) is 2. The van der Waals surface area contributed by atoms with Crippen LogP contribution in [0.15, 0.2) is 48.5 Å². The first-order valence-corrected chi connectivity index (χ1v) is 11.4. The van der Waals surface area contributed by atoms with Gasteiger partial charge in [-0.1, -0.05) is 48.5 Å². The third-order valence-electron chi connectivity index (χ3n) is 5.42. The van der Waals surface area contributed by atoms with E-state index >= 15 is 0 Å². The summed E-state index contributed by atoms with van der Waals surface area (Å²) in [6.07, 6.45) is -1.85. The Morgan fingerprint density at radius 1 is 1.00 bits per heavy atom. The molecule has 0 heterocycles. The predicted molar refractivity (Wildman–Crippen MR) is 127 cm³/mol. The molecule has 34 heavy (non-hydrogen) atoms. The van der Waals surface area contributed by atoms with Crippen LogP contribution < -0.4 is 10.6 Å². The molecule has 0 saturated heterocycles. The van der Waals surface area contributed by atoms with Crippen molar-refractivity contribution >= 4 is 18.0 Å². The van der Waals surface area contributed by atoms with Crippen LogP contribution in [0.25, 0.3) is 11.1 Å². The number of hydrogen-bond acceptors (Lipinski definition) is 6. The Hall–Kier alpha value is -3.39. The smallest absolute Gasteiger partial charge is 0.407 e. The molecule has 3 N–H and O–H groups in total. The fraction of sp³-hybridized carbons (Fsp3) is 0.423. The second-order valence-electron chi connectivity index (χ2n) is 9.32. The molecule has 0 aliphatic heterocycles. The lowest BCUT2D eigenvalue weighted by Crippen LogP contribution is -2.50. The zero-order chi connectivity index (χ0) is 24.9. The Kier molecular flexibility index (Phi) is 7.94. The molecule has 1 aliphatic rings. The molecule has 0 spiro atoms. The molecule has 0 fully saturated rings. The van der Waals surface area contributed by atoms with E-state index in [1.807, 2.05) is 36.4 Å². The molecular formula is C26H32N2O6. The van der Waals surface area contributed by atoms with Crippen molar-refractivity contribution in [2.24, 2.45) is 0 Å². The van der Waals surface area contributed by atoms with Gasteiger partial charge in [0.05, 0.1) is 6.10 Å². The molecule has 182 valence electrons. The van der Waals surface area contributed by atoms with Gasteiger partial charge in [-0.05, 0) is 49.9 Å². The van der Waals surface area contributed by atoms with Gasteiger partial charge in [-0.15, -0.1) is 0 Å². The van der Waals surface area contributed by atoms with Gasteiger partial charge in [-0.25, -0.2) is 9.59 Å². The summed E-state index contributed by atoms with van der Waals surface area (Å²) >= 11 is 0. The quantitative estimate of drug-likeness (QED) is 0.513. The van der Waals surface area contributed by atoms with Gasteiger partial charge in [0.2, 0.25) is 5.91 Å². The molecule has 1 unspecified atom stereocenters. The summed E-state index contributed by atoms with van der Waals surface area (Å²) in [5.74, 6) is -1.28. The highest BCUT2D eigenvalue weighted by Crippen LogP contribution is 2.44. The number of nitrogens with one attached hydrogen (secondary N) is 2. The fourth-order valence-corrected chi connectivity index (χ4v) is 3.91. The maximum Gasteiger partial charge on any atom is 0.407 e. The Labute approximate surface area is 199 Å². The van der Waals surface area contributed by atoms with Crippen molar-refractivity contribution < 1.29 is 29.0 Å². The molecule has 0 radical (unpaired) electrons. The lowest BCUT2D eigenvalue weighted by Gasteiger charge is -2.26. The van der Waals surface area contributed by atoms with Crippen molar-refractivity contribution in [2.75, 3.05) is 13.2 Å². The minimum Gasteiger partial charge on any atom is -0.458 e. The number of aliphatic hydroxyl groups excluding tert-OH is 1. The predicted octanol–water partition coefficient (Wildman–Crippen LogP) is 3.12. The number of benzene rings is 2. The summed E-state index contributed by atoms with van der Waals surface area (Å²) in [7, 11) is 0. The Morgan fingerprint density at radius 2 is 1.56 bits per heavy atom. The van der Waals surface area contributed by atoms with Crippen LogP contribution >= 0.6 is 0 Å². The van der Waals surface area contributed by atoms with Crippen LogP contribution in [-0.2, 0) is 19.1 Å². The zero-order valence-electron chi connectivity index (χ0n) is 20.0. The number of aliphatic hydroxyl groups is 1. The molecular weight excluding hydrogens is 436 g/mol. The Morgan fingerprint density at radius 3 is 2.09 bits per heavy atom. The molecule has 8 heteroatoms. The zero-order valence-corrected chi connectivity index (χ0v) is 20.0. The average molecular weight is 469 g/mol. The van der Waals surface area contributed by atoms with Crippen LogP contribution in [-0.4, -0.2) is 54.0 Å². The lowest BCUT2D eigenvalue weighted by atomic mass is 9.98. The first kappa shape index (κ1) is 25.2. The van der Waals surface area contributed by atoms with Crippen LogP contribution in [0.3, 0.4) is 0 Å². The number of fused-ring (bicyclic) bond motifs is 3. The van der Waals surface area contributed by atoms with Gasteiger partial charge in [0.15, 0.2) is 6.04 Å². The van der Waals surface area contributed by atoms with Crippen molar-refractivity contribution in [1.29, 1.82) is 0 Å². The second-order valence-corrected chi connectivity index (χ2v) is 9.32. The van der Waals surface area contributed by atoms with Gasteiger partial charge < -0.3 is 25.2 Å². The number of rotatable bonds is 8. The molecule has 0 saturated carbocycles. The van der Waals surface area contributed by atoms with Gasteiger partial charge in [0, 0.05) is 18.9 Å². The minimum absolute atomic E-state index is 0.0172. The van der Waals surface area contributed by atoms with Crippen LogP contribution in [0.2, 0.25) is 0 Å². The van der Waals surface area contributed by atoms with Crippen molar-refractivity contribution in [3.05, 3.63) is 59.7 Å². The van der Waals surface area contributed by atoms with E-state index in [0.29, 0.717) is 0 Å². The molecule has 8 nitrogen and oxygen atoms in total. The number of esters is 1.